The zero-order valence-corrected chi connectivity index (χ0v) is 13.2. The summed E-state index contributed by atoms with van der Waals surface area (Å²) in [6.07, 6.45) is 3.12. The molecule has 2 rings (SSSR count). The van der Waals surface area contributed by atoms with Gasteiger partial charge in [-0.3, -0.25) is 4.79 Å². The molecule has 2 unspecified atom stereocenters. The number of hydrogen-bond donors (Lipinski definition) is 0. The summed E-state index contributed by atoms with van der Waals surface area (Å²) >= 11 is 0. The highest BCUT2D eigenvalue weighted by Crippen LogP contribution is 2.39. The second-order valence-corrected chi connectivity index (χ2v) is 7.22. The second kappa shape index (κ2) is 6.12. The fraction of sp³-hybridized carbons (Fsp3) is 0.938. The van der Waals surface area contributed by atoms with Crippen LogP contribution in [-0.2, 0) is 19.0 Å². The molecule has 2 aliphatic heterocycles. The molecule has 116 valence electrons. The Morgan fingerprint density at radius 2 is 1.90 bits per heavy atom. The van der Waals surface area contributed by atoms with E-state index >= 15 is 0 Å². The average Bonchev–Trinajstić information content (AvgIpc) is 2.38. The molecule has 2 atom stereocenters. The molecule has 0 aliphatic carbocycles. The molecule has 0 aromatic carbocycles. The lowest BCUT2D eigenvalue weighted by molar-refractivity contribution is -0.165. The van der Waals surface area contributed by atoms with Crippen molar-refractivity contribution in [3.8, 4) is 0 Å². The molecule has 1 spiro atoms. The number of Topliss-reactive ketones (excluding diaryl/α,β-unsaturated/α-hetero) is 1. The van der Waals surface area contributed by atoms with Crippen molar-refractivity contribution in [2.24, 2.45) is 11.3 Å². The Morgan fingerprint density at radius 1 is 1.25 bits per heavy atom. The average molecular weight is 284 g/mol. The SMILES string of the molecule is COC(C(=O)C1CCOC2(CCOCC2)C1)C(C)(C)C. The highest BCUT2D eigenvalue weighted by molar-refractivity contribution is 5.86. The van der Waals surface area contributed by atoms with E-state index in [1.165, 1.54) is 0 Å². The molecule has 2 saturated heterocycles. The molecule has 0 aromatic rings. The van der Waals surface area contributed by atoms with Crippen LogP contribution in [-0.4, -0.2) is 44.4 Å². The predicted octanol–water partition coefficient (Wildman–Crippen LogP) is 2.59. The molecule has 20 heavy (non-hydrogen) atoms. The van der Waals surface area contributed by atoms with Crippen LogP contribution in [0.5, 0.6) is 0 Å². The van der Waals surface area contributed by atoms with Gasteiger partial charge < -0.3 is 14.2 Å². The Balaban J connectivity index is 2.06. The Kier molecular flexibility index (Phi) is 4.88. The normalized spacial score (nSPS) is 28.3. The van der Waals surface area contributed by atoms with Gasteiger partial charge in [-0.1, -0.05) is 20.8 Å². The van der Waals surface area contributed by atoms with E-state index in [2.05, 4.69) is 20.8 Å². The molecule has 2 heterocycles. The molecule has 0 saturated carbocycles. The first-order valence-corrected chi connectivity index (χ1v) is 7.66. The van der Waals surface area contributed by atoms with Gasteiger partial charge in [0.05, 0.1) is 5.60 Å². The van der Waals surface area contributed by atoms with Gasteiger partial charge in [0.1, 0.15) is 6.10 Å². The van der Waals surface area contributed by atoms with Gasteiger partial charge in [0.15, 0.2) is 5.78 Å². The number of hydrogen-bond acceptors (Lipinski definition) is 4. The molecule has 2 fully saturated rings. The molecular weight excluding hydrogens is 256 g/mol. The van der Waals surface area contributed by atoms with Crippen LogP contribution in [0.15, 0.2) is 0 Å². The van der Waals surface area contributed by atoms with Crippen molar-refractivity contribution in [2.45, 2.75) is 58.2 Å². The first kappa shape index (κ1) is 15.9. The maximum Gasteiger partial charge on any atom is 0.165 e. The lowest BCUT2D eigenvalue weighted by Crippen LogP contribution is -2.49. The van der Waals surface area contributed by atoms with Gasteiger partial charge in [-0.2, -0.15) is 0 Å². The first-order valence-electron chi connectivity index (χ1n) is 7.66. The van der Waals surface area contributed by atoms with Crippen molar-refractivity contribution in [1.82, 2.24) is 0 Å². The topological polar surface area (TPSA) is 44.8 Å². The second-order valence-electron chi connectivity index (χ2n) is 7.22. The van der Waals surface area contributed by atoms with E-state index in [1.54, 1.807) is 7.11 Å². The maximum atomic E-state index is 12.8. The predicted molar refractivity (Wildman–Crippen MR) is 76.7 cm³/mol. The Hall–Kier alpha value is -0.450. The maximum absolute atomic E-state index is 12.8. The van der Waals surface area contributed by atoms with Crippen LogP contribution in [0.4, 0.5) is 0 Å². The fourth-order valence-corrected chi connectivity index (χ4v) is 3.47. The molecule has 0 N–H and O–H groups in total. The lowest BCUT2D eigenvalue weighted by atomic mass is 9.74. The highest BCUT2D eigenvalue weighted by atomic mass is 16.5. The van der Waals surface area contributed by atoms with Crippen molar-refractivity contribution < 1.29 is 19.0 Å². The number of carbonyl (C=O) groups is 1. The lowest BCUT2D eigenvalue weighted by Gasteiger charge is -2.44. The van der Waals surface area contributed by atoms with E-state index in [1.807, 2.05) is 0 Å². The van der Waals surface area contributed by atoms with Gasteiger partial charge in [-0.25, -0.2) is 0 Å². The summed E-state index contributed by atoms with van der Waals surface area (Å²) in [6, 6.07) is 0. The molecule has 0 aromatic heterocycles. The van der Waals surface area contributed by atoms with E-state index < -0.39 is 0 Å². The molecule has 0 bridgehead atoms. The van der Waals surface area contributed by atoms with Crippen molar-refractivity contribution in [3.63, 3.8) is 0 Å². The molecule has 2 aliphatic rings. The van der Waals surface area contributed by atoms with Gasteiger partial charge >= 0.3 is 0 Å². The van der Waals surface area contributed by atoms with Crippen molar-refractivity contribution >= 4 is 5.78 Å². The Bertz CT molecular complexity index is 333. The van der Waals surface area contributed by atoms with Crippen LogP contribution < -0.4 is 0 Å². The quantitative estimate of drug-likeness (QED) is 0.799. The van der Waals surface area contributed by atoms with Crippen molar-refractivity contribution in [2.75, 3.05) is 26.9 Å². The molecule has 4 nitrogen and oxygen atoms in total. The third-order valence-electron chi connectivity index (χ3n) is 4.58. The summed E-state index contributed by atoms with van der Waals surface area (Å²) in [5, 5.41) is 0. The molecule has 0 amide bonds. The third kappa shape index (κ3) is 3.41. The summed E-state index contributed by atoms with van der Waals surface area (Å²) in [5.41, 5.74) is -0.292. The van der Waals surface area contributed by atoms with Gasteiger partial charge in [-0.05, 0) is 31.1 Å². The summed E-state index contributed by atoms with van der Waals surface area (Å²) in [6.45, 7) is 8.34. The number of ether oxygens (including phenoxy) is 3. The van der Waals surface area contributed by atoms with E-state index in [-0.39, 0.29) is 28.8 Å². The van der Waals surface area contributed by atoms with Crippen LogP contribution in [0.3, 0.4) is 0 Å². The molecular formula is C16H28O4. The van der Waals surface area contributed by atoms with E-state index in [0.29, 0.717) is 6.61 Å². The van der Waals surface area contributed by atoms with Crippen LogP contribution >= 0.6 is 0 Å². The number of ketones is 1. The monoisotopic (exact) mass is 284 g/mol. The first-order chi connectivity index (χ1) is 9.38. The Labute approximate surface area is 122 Å². The zero-order chi connectivity index (χ0) is 14.8. The molecule has 4 heteroatoms. The third-order valence-corrected chi connectivity index (χ3v) is 4.58. The van der Waals surface area contributed by atoms with Crippen molar-refractivity contribution in [1.29, 1.82) is 0 Å². The van der Waals surface area contributed by atoms with Crippen LogP contribution in [0.1, 0.15) is 46.5 Å². The van der Waals surface area contributed by atoms with E-state index in [4.69, 9.17) is 14.2 Å². The van der Waals surface area contributed by atoms with Crippen LogP contribution in [0, 0.1) is 11.3 Å². The van der Waals surface area contributed by atoms with Gasteiger partial charge in [-0.15, -0.1) is 0 Å². The van der Waals surface area contributed by atoms with Crippen LogP contribution in [0.2, 0.25) is 0 Å². The van der Waals surface area contributed by atoms with Gasteiger partial charge in [0.25, 0.3) is 0 Å². The minimum atomic E-state index is -0.331. The fourth-order valence-electron chi connectivity index (χ4n) is 3.47. The summed E-state index contributed by atoms with van der Waals surface area (Å²) in [4.78, 5) is 12.8. The summed E-state index contributed by atoms with van der Waals surface area (Å²) < 4.78 is 16.9. The Morgan fingerprint density at radius 3 is 2.45 bits per heavy atom. The smallest absolute Gasteiger partial charge is 0.165 e. The van der Waals surface area contributed by atoms with Crippen molar-refractivity contribution in [3.05, 3.63) is 0 Å². The number of methoxy groups -OCH3 is 1. The summed E-state index contributed by atoms with van der Waals surface area (Å²) in [5.74, 6) is 0.306. The van der Waals surface area contributed by atoms with Crippen LogP contribution in [0.25, 0.3) is 0 Å². The largest absolute Gasteiger partial charge is 0.381 e. The number of carbonyl (C=O) groups excluding carboxylic acids is 1. The van der Waals surface area contributed by atoms with E-state index in [0.717, 1.165) is 38.9 Å². The highest BCUT2D eigenvalue weighted by Gasteiger charge is 2.44. The van der Waals surface area contributed by atoms with E-state index in [9.17, 15) is 4.79 Å². The zero-order valence-electron chi connectivity index (χ0n) is 13.2. The molecule has 0 radical (unpaired) electrons. The number of rotatable bonds is 3. The summed E-state index contributed by atoms with van der Waals surface area (Å²) in [7, 11) is 1.64. The van der Waals surface area contributed by atoms with Gasteiger partial charge in [0, 0.05) is 32.8 Å². The standard InChI is InChI=1S/C16H28O4/c1-15(2,3)14(18-4)13(17)12-5-8-20-16(11-12)6-9-19-10-7-16/h12,14H,5-11H2,1-4H3. The minimum Gasteiger partial charge on any atom is -0.381 e. The van der Waals surface area contributed by atoms with Gasteiger partial charge in [0.2, 0.25) is 0 Å². The minimum absolute atomic E-state index is 0.0611.